The molecule has 2 aromatic carbocycles. The molecule has 0 atom stereocenters. The number of fused-ring (bicyclic) bond motifs is 1. The van der Waals surface area contributed by atoms with Gasteiger partial charge in [-0.05, 0) is 37.6 Å². The number of carbonyl (C=O) groups is 3. The topological polar surface area (TPSA) is 151 Å². The van der Waals surface area contributed by atoms with Gasteiger partial charge in [0, 0.05) is 18.2 Å². The molecule has 2 heterocycles. The van der Waals surface area contributed by atoms with E-state index < -0.39 is 17.8 Å². The number of hydrogen-bond donors (Lipinski definition) is 4. The number of benzene rings is 2. The Labute approximate surface area is 193 Å². The van der Waals surface area contributed by atoms with Crippen molar-refractivity contribution in [3.63, 3.8) is 0 Å². The second-order valence-electron chi connectivity index (χ2n) is 7.51. The van der Waals surface area contributed by atoms with Crippen LogP contribution in [0.25, 0.3) is 11.0 Å². The molecular weight excluding hydrogens is 440 g/mol. The Morgan fingerprint density at radius 3 is 2.62 bits per heavy atom. The van der Waals surface area contributed by atoms with Gasteiger partial charge in [0.25, 0.3) is 11.8 Å². The van der Waals surface area contributed by atoms with Gasteiger partial charge in [0.15, 0.2) is 11.4 Å². The van der Waals surface area contributed by atoms with E-state index in [4.69, 9.17) is 4.89 Å². The second kappa shape index (κ2) is 9.45. The minimum absolute atomic E-state index is 0.0155. The van der Waals surface area contributed by atoms with Crippen molar-refractivity contribution in [2.45, 2.75) is 27.2 Å². The molecule has 34 heavy (non-hydrogen) atoms. The lowest BCUT2D eigenvalue weighted by molar-refractivity contribution is -0.213. The molecule has 0 spiro atoms. The molecule has 0 aliphatic heterocycles. The van der Waals surface area contributed by atoms with E-state index in [-0.39, 0.29) is 29.5 Å². The van der Waals surface area contributed by atoms with Crippen molar-refractivity contribution in [2.24, 2.45) is 0 Å². The van der Waals surface area contributed by atoms with Gasteiger partial charge in [-0.15, -0.1) is 0 Å². The molecule has 0 unspecified atom stereocenters. The van der Waals surface area contributed by atoms with Crippen molar-refractivity contribution in [3.05, 3.63) is 65.2 Å². The van der Waals surface area contributed by atoms with E-state index in [9.17, 15) is 14.4 Å². The minimum atomic E-state index is -0.601. The number of nitrogens with one attached hydrogen (secondary N) is 4. The molecule has 11 nitrogen and oxygen atoms in total. The first-order chi connectivity index (χ1) is 16.3. The summed E-state index contributed by atoms with van der Waals surface area (Å²) < 4.78 is 0. The average molecular weight is 462 g/mol. The van der Waals surface area contributed by atoms with Gasteiger partial charge in [-0.3, -0.25) is 24.7 Å². The van der Waals surface area contributed by atoms with E-state index in [0.717, 1.165) is 11.1 Å². The van der Waals surface area contributed by atoms with Crippen LogP contribution in [0.2, 0.25) is 0 Å². The quantitative estimate of drug-likeness (QED) is 0.242. The number of anilines is 2. The van der Waals surface area contributed by atoms with Crippen LogP contribution in [-0.4, -0.2) is 37.7 Å². The fourth-order valence-electron chi connectivity index (χ4n) is 3.20. The lowest BCUT2D eigenvalue weighted by Gasteiger charge is -2.09. The normalized spacial score (nSPS) is 10.7. The smallest absolute Gasteiger partial charge is 0.340 e. The fourth-order valence-corrected chi connectivity index (χ4v) is 3.20. The zero-order valence-electron chi connectivity index (χ0n) is 18.7. The molecule has 0 saturated heterocycles. The lowest BCUT2D eigenvalue weighted by Crippen LogP contribution is -2.21. The van der Waals surface area contributed by atoms with Crippen LogP contribution in [0.15, 0.2) is 42.7 Å². The van der Waals surface area contributed by atoms with Gasteiger partial charge >= 0.3 is 5.97 Å². The van der Waals surface area contributed by atoms with Crippen LogP contribution in [0.3, 0.4) is 0 Å². The summed E-state index contributed by atoms with van der Waals surface area (Å²) in [5.74, 6) is -1.19. The van der Waals surface area contributed by atoms with Crippen molar-refractivity contribution in [1.82, 2.24) is 19.9 Å². The van der Waals surface area contributed by atoms with E-state index >= 15 is 0 Å². The Morgan fingerprint density at radius 1 is 1.03 bits per heavy atom. The summed E-state index contributed by atoms with van der Waals surface area (Å²) >= 11 is 0. The van der Waals surface area contributed by atoms with Crippen LogP contribution >= 0.6 is 0 Å². The summed E-state index contributed by atoms with van der Waals surface area (Å²) in [6, 6.07) is 10.4. The molecular formula is C23H22N6O5. The maximum atomic E-state index is 12.8. The highest BCUT2D eigenvalue weighted by Gasteiger charge is 2.22. The summed E-state index contributed by atoms with van der Waals surface area (Å²) in [4.78, 5) is 60.4. The van der Waals surface area contributed by atoms with Gasteiger partial charge in [0.05, 0.1) is 17.4 Å². The standard InChI is InChI=1S/C23H22N6O5/c1-4-18(30)34-33-14-6-8-16-17(10-14)28-23(27-16)29-22(32)20-19(24-11-25-20)21(31)26-15-7-5-12(2)9-13(15)3/h5-11H,4H2,1-3H3,(H,24,25)(H,26,31)(H2,27,28,29,32). The molecule has 0 bridgehead atoms. The molecule has 4 N–H and O–H groups in total. The van der Waals surface area contributed by atoms with Crippen molar-refractivity contribution < 1.29 is 24.2 Å². The third-order valence-corrected chi connectivity index (χ3v) is 4.92. The van der Waals surface area contributed by atoms with Crippen molar-refractivity contribution in [2.75, 3.05) is 10.6 Å². The Morgan fingerprint density at radius 2 is 1.85 bits per heavy atom. The summed E-state index contributed by atoms with van der Waals surface area (Å²) in [5.41, 5.74) is 3.61. The van der Waals surface area contributed by atoms with Crippen molar-refractivity contribution in [3.8, 4) is 5.75 Å². The summed E-state index contributed by atoms with van der Waals surface area (Å²) in [6.45, 7) is 5.49. The summed E-state index contributed by atoms with van der Waals surface area (Å²) in [7, 11) is 0. The Kier molecular flexibility index (Phi) is 6.26. The number of aryl methyl sites for hydroxylation is 2. The van der Waals surface area contributed by atoms with Gasteiger partial charge < -0.3 is 15.3 Å². The number of carbonyl (C=O) groups excluding carboxylic acids is 3. The number of hydrogen-bond acceptors (Lipinski definition) is 7. The average Bonchev–Trinajstić information content (AvgIpc) is 3.45. The molecule has 2 amide bonds. The molecule has 4 rings (SSSR count). The molecule has 0 aliphatic carbocycles. The molecule has 174 valence electrons. The minimum Gasteiger partial charge on any atom is -0.340 e. The highest BCUT2D eigenvalue weighted by Crippen LogP contribution is 2.22. The van der Waals surface area contributed by atoms with Gasteiger partial charge in [0.2, 0.25) is 5.95 Å². The van der Waals surface area contributed by atoms with E-state index in [1.165, 1.54) is 6.33 Å². The second-order valence-corrected chi connectivity index (χ2v) is 7.51. The highest BCUT2D eigenvalue weighted by atomic mass is 17.2. The lowest BCUT2D eigenvalue weighted by atomic mass is 10.1. The maximum absolute atomic E-state index is 12.8. The van der Waals surface area contributed by atoms with E-state index in [2.05, 4.69) is 35.5 Å². The predicted molar refractivity (Wildman–Crippen MR) is 124 cm³/mol. The predicted octanol–water partition coefficient (Wildman–Crippen LogP) is 3.65. The van der Waals surface area contributed by atoms with E-state index in [1.54, 1.807) is 31.2 Å². The Balaban J connectivity index is 1.47. The summed E-state index contributed by atoms with van der Waals surface area (Å²) in [6.07, 6.45) is 1.45. The van der Waals surface area contributed by atoms with Crippen LogP contribution in [0, 0.1) is 13.8 Å². The molecule has 0 fully saturated rings. The number of aromatic nitrogens is 4. The van der Waals surface area contributed by atoms with Gasteiger partial charge in [-0.1, -0.05) is 24.6 Å². The van der Waals surface area contributed by atoms with Crippen LogP contribution in [0.4, 0.5) is 11.6 Å². The SMILES string of the molecule is CCC(=O)OOc1ccc2nc(NC(=O)c3[nH]cnc3C(=O)Nc3ccc(C)cc3C)[nH]c2c1. The number of aromatic amines is 2. The zero-order chi connectivity index (χ0) is 24.2. The van der Waals surface area contributed by atoms with Crippen LogP contribution in [-0.2, 0) is 9.68 Å². The molecule has 0 saturated carbocycles. The van der Waals surface area contributed by atoms with Crippen LogP contribution in [0.5, 0.6) is 5.75 Å². The Hall–Kier alpha value is -4.67. The van der Waals surface area contributed by atoms with Crippen molar-refractivity contribution >= 4 is 40.5 Å². The number of imidazole rings is 2. The van der Waals surface area contributed by atoms with Gasteiger partial charge in [0.1, 0.15) is 5.69 Å². The number of rotatable bonds is 7. The number of amides is 2. The van der Waals surface area contributed by atoms with E-state index in [1.807, 2.05) is 26.0 Å². The number of nitrogens with zero attached hydrogens (tertiary/aromatic N) is 2. The molecule has 4 aromatic rings. The van der Waals surface area contributed by atoms with Gasteiger partial charge in [-0.2, -0.15) is 0 Å². The molecule has 0 radical (unpaired) electrons. The molecule has 0 aliphatic rings. The van der Waals surface area contributed by atoms with Crippen LogP contribution in [0.1, 0.15) is 45.4 Å². The fraction of sp³-hybridized carbons (Fsp3) is 0.174. The number of H-pyrrole nitrogens is 2. The monoisotopic (exact) mass is 462 g/mol. The summed E-state index contributed by atoms with van der Waals surface area (Å²) in [5, 5.41) is 5.38. The van der Waals surface area contributed by atoms with Crippen molar-refractivity contribution in [1.29, 1.82) is 0 Å². The first-order valence-corrected chi connectivity index (χ1v) is 10.4. The Bertz CT molecular complexity index is 1390. The largest absolute Gasteiger partial charge is 0.355 e. The molecule has 2 aromatic heterocycles. The highest BCUT2D eigenvalue weighted by molar-refractivity contribution is 6.13. The van der Waals surface area contributed by atoms with E-state index in [0.29, 0.717) is 16.7 Å². The van der Waals surface area contributed by atoms with Gasteiger partial charge in [-0.25, -0.2) is 14.8 Å². The third-order valence-electron chi connectivity index (χ3n) is 4.92. The van der Waals surface area contributed by atoms with Crippen LogP contribution < -0.4 is 15.5 Å². The first kappa shape index (κ1) is 22.5. The zero-order valence-corrected chi connectivity index (χ0v) is 18.7. The maximum Gasteiger partial charge on any atom is 0.355 e. The molecule has 11 heteroatoms. The first-order valence-electron chi connectivity index (χ1n) is 10.4. The third kappa shape index (κ3) is 4.88.